The molecule has 17 heavy (non-hydrogen) atoms. The Balaban J connectivity index is 2.02. The van der Waals surface area contributed by atoms with E-state index in [0.29, 0.717) is 12.1 Å². The highest BCUT2D eigenvalue weighted by molar-refractivity contribution is 5.84. The fourth-order valence-corrected chi connectivity index (χ4v) is 3.53. The van der Waals surface area contributed by atoms with Gasteiger partial charge in [0, 0.05) is 18.5 Å². The van der Waals surface area contributed by atoms with Crippen molar-refractivity contribution in [3.05, 3.63) is 6.42 Å². The van der Waals surface area contributed by atoms with Crippen LogP contribution in [0.1, 0.15) is 71.1 Å². The average molecular weight is 236 g/mol. The topological polar surface area (TPSA) is 20.3 Å². The number of carbonyl (C=O) groups excluding carboxylic acids is 1. The maximum Gasteiger partial charge on any atom is 0.226 e. The minimum Gasteiger partial charge on any atom is -0.336 e. The van der Waals surface area contributed by atoms with Gasteiger partial charge >= 0.3 is 0 Å². The van der Waals surface area contributed by atoms with E-state index < -0.39 is 0 Å². The summed E-state index contributed by atoms with van der Waals surface area (Å²) in [5.41, 5.74) is 0. The van der Waals surface area contributed by atoms with Gasteiger partial charge in [-0.25, -0.2) is 0 Å². The van der Waals surface area contributed by atoms with E-state index in [9.17, 15) is 4.79 Å². The summed E-state index contributed by atoms with van der Waals surface area (Å²) < 4.78 is 0. The Bertz CT molecular complexity index is 221. The first-order chi connectivity index (χ1) is 8.33. The molecule has 1 radical (unpaired) electrons. The second-order valence-electron chi connectivity index (χ2n) is 5.62. The van der Waals surface area contributed by atoms with Crippen LogP contribution in [-0.4, -0.2) is 22.9 Å². The van der Waals surface area contributed by atoms with Gasteiger partial charge in [-0.3, -0.25) is 4.79 Å². The van der Waals surface area contributed by atoms with Gasteiger partial charge in [0.05, 0.1) is 0 Å². The van der Waals surface area contributed by atoms with E-state index in [-0.39, 0.29) is 5.91 Å². The van der Waals surface area contributed by atoms with Gasteiger partial charge in [0.1, 0.15) is 0 Å². The summed E-state index contributed by atoms with van der Waals surface area (Å²) in [5, 5.41) is 0. The van der Waals surface area contributed by atoms with Crippen LogP contribution >= 0.6 is 0 Å². The first kappa shape index (κ1) is 12.9. The van der Waals surface area contributed by atoms with Crippen LogP contribution in [-0.2, 0) is 4.79 Å². The lowest BCUT2D eigenvalue weighted by Gasteiger charge is -2.41. The Kier molecular flexibility index (Phi) is 4.87. The van der Waals surface area contributed by atoms with Gasteiger partial charge in [0.15, 0.2) is 0 Å². The van der Waals surface area contributed by atoms with Crippen molar-refractivity contribution >= 4 is 5.91 Å². The molecule has 0 heterocycles. The molecule has 2 heteroatoms. The van der Waals surface area contributed by atoms with E-state index in [0.717, 1.165) is 0 Å². The molecule has 2 fully saturated rings. The fourth-order valence-electron chi connectivity index (χ4n) is 3.53. The van der Waals surface area contributed by atoms with E-state index in [2.05, 4.69) is 4.90 Å². The van der Waals surface area contributed by atoms with Crippen molar-refractivity contribution in [2.24, 2.45) is 0 Å². The van der Waals surface area contributed by atoms with Crippen LogP contribution in [0.15, 0.2) is 0 Å². The summed E-state index contributed by atoms with van der Waals surface area (Å²) >= 11 is 0. The molecule has 97 valence electrons. The molecule has 1 amide bonds. The van der Waals surface area contributed by atoms with Crippen molar-refractivity contribution in [3.63, 3.8) is 0 Å². The molecule has 2 rings (SSSR count). The minimum absolute atomic E-state index is 0.281. The third kappa shape index (κ3) is 3.23. The zero-order valence-electron chi connectivity index (χ0n) is 11.2. The van der Waals surface area contributed by atoms with Gasteiger partial charge in [0.25, 0.3) is 0 Å². The highest BCUT2D eigenvalue weighted by atomic mass is 16.2. The van der Waals surface area contributed by atoms with Crippen LogP contribution < -0.4 is 0 Å². The summed E-state index contributed by atoms with van der Waals surface area (Å²) in [6, 6.07) is 1.08. The SMILES string of the molecule is C[CH]C(=O)N(C1CCCCC1)C1CCCCC1. The second-order valence-corrected chi connectivity index (χ2v) is 5.62. The molecule has 0 unspecified atom stereocenters. The molecule has 2 aliphatic rings. The summed E-state index contributed by atoms with van der Waals surface area (Å²) in [6.45, 7) is 1.89. The van der Waals surface area contributed by atoms with Crippen molar-refractivity contribution in [2.45, 2.75) is 83.2 Å². The summed E-state index contributed by atoms with van der Waals surface area (Å²) in [6.07, 6.45) is 14.7. The van der Waals surface area contributed by atoms with Crippen molar-refractivity contribution < 1.29 is 4.79 Å². The number of hydrogen-bond donors (Lipinski definition) is 0. The molecule has 0 saturated heterocycles. The number of rotatable bonds is 3. The van der Waals surface area contributed by atoms with Gasteiger partial charge in [-0.05, 0) is 25.7 Å². The maximum atomic E-state index is 12.2. The van der Waals surface area contributed by atoms with Gasteiger partial charge in [0.2, 0.25) is 5.91 Å². The number of amides is 1. The molecule has 2 saturated carbocycles. The van der Waals surface area contributed by atoms with Gasteiger partial charge in [-0.15, -0.1) is 0 Å². The van der Waals surface area contributed by atoms with E-state index in [1.807, 2.05) is 6.92 Å². The molecule has 2 nitrogen and oxygen atoms in total. The van der Waals surface area contributed by atoms with E-state index in [1.165, 1.54) is 64.2 Å². The van der Waals surface area contributed by atoms with Gasteiger partial charge in [-0.2, -0.15) is 0 Å². The lowest BCUT2D eigenvalue weighted by Crippen LogP contribution is -2.48. The van der Waals surface area contributed by atoms with E-state index in [1.54, 1.807) is 6.42 Å². The molecule has 0 aromatic heterocycles. The molecular weight excluding hydrogens is 210 g/mol. The smallest absolute Gasteiger partial charge is 0.226 e. The van der Waals surface area contributed by atoms with Crippen LogP contribution in [0.2, 0.25) is 0 Å². The summed E-state index contributed by atoms with van der Waals surface area (Å²) in [7, 11) is 0. The molecular formula is C15H26NO. The first-order valence-corrected chi connectivity index (χ1v) is 7.44. The predicted octanol–water partition coefficient (Wildman–Crippen LogP) is 3.70. The Morgan fingerprint density at radius 3 is 1.65 bits per heavy atom. The highest BCUT2D eigenvalue weighted by Crippen LogP contribution is 2.30. The molecule has 0 N–H and O–H groups in total. The first-order valence-electron chi connectivity index (χ1n) is 7.44. The Labute approximate surface area is 106 Å². The monoisotopic (exact) mass is 236 g/mol. The van der Waals surface area contributed by atoms with Crippen molar-refractivity contribution in [1.29, 1.82) is 0 Å². The molecule has 0 atom stereocenters. The Morgan fingerprint density at radius 2 is 1.29 bits per heavy atom. The lowest BCUT2D eigenvalue weighted by molar-refractivity contribution is -0.134. The Hall–Kier alpha value is -0.530. The molecule has 2 aliphatic carbocycles. The number of carbonyl (C=O) groups is 1. The fraction of sp³-hybridized carbons (Fsp3) is 0.867. The molecule has 0 bridgehead atoms. The van der Waals surface area contributed by atoms with E-state index in [4.69, 9.17) is 0 Å². The zero-order chi connectivity index (χ0) is 12.1. The van der Waals surface area contributed by atoms with Gasteiger partial charge < -0.3 is 4.90 Å². The molecule has 0 aliphatic heterocycles. The van der Waals surface area contributed by atoms with Crippen LogP contribution in [0, 0.1) is 6.42 Å². The third-order valence-electron chi connectivity index (χ3n) is 4.44. The summed E-state index contributed by atoms with van der Waals surface area (Å²) in [5.74, 6) is 0.281. The van der Waals surface area contributed by atoms with Crippen LogP contribution in [0.4, 0.5) is 0 Å². The van der Waals surface area contributed by atoms with Crippen molar-refractivity contribution in [3.8, 4) is 0 Å². The largest absolute Gasteiger partial charge is 0.336 e. The molecule has 0 spiro atoms. The van der Waals surface area contributed by atoms with Crippen LogP contribution in [0.5, 0.6) is 0 Å². The quantitative estimate of drug-likeness (QED) is 0.731. The predicted molar refractivity (Wildman–Crippen MR) is 70.6 cm³/mol. The second kappa shape index (κ2) is 6.42. The number of hydrogen-bond acceptors (Lipinski definition) is 1. The van der Waals surface area contributed by atoms with E-state index >= 15 is 0 Å². The van der Waals surface area contributed by atoms with Gasteiger partial charge in [-0.1, -0.05) is 45.4 Å². The van der Waals surface area contributed by atoms with Crippen molar-refractivity contribution in [1.82, 2.24) is 4.90 Å². The summed E-state index contributed by atoms with van der Waals surface area (Å²) in [4.78, 5) is 14.4. The zero-order valence-corrected chi connectivity index (χ0v) is 11.2. The standard InChI is InChI=1S/C15H26NO/c1-2-15(17)16(13-9-5-3-6-10-13)14-11-7-4-8-12-14/h2,13-14H,3-12H2,1H3. The number of nitrogens with zero attached hydrogens (tertiary/aromatic N) is 1. The maximum absolute atomic E-state index is 12.2. The molecule has 0 aromatic rings. The molecule has 0 aromatic carbocycles. The third-order valence-corrected chi connectivity index (χ3v) is 4.44. The van der Waals surface area contributed by atoms with Crippen LogP contribution in [0.3, 0.4) is 0 Å². The minimum atomic E-state index is 0.281. The normalized spacial score (nSPS) is 23.6. The average Bonchev–Trinajstić information content (AvgIpc) is 2.41. The van der Waals surface area contributed by atoms with Crippen LogP contribution in [0.25, 0.3) is 0 Å². The Morgan fingerprint density at radius 1 is 0.882 bits per heavy atom. The van der Waals surface area contributed by atoms with Crippen molar-refractivity contribution in [2.75, 3.05) is 0 Å². The highest BCUT2D eigenvalue weighted by Gasteiger charge is 2.31. The lowest BCUT2D eigenvalue weighted by atomic mass is 9.88.